The molecule has 0 aromatic carbocycles. The lowest BCUT2D eigenvalue weighted by molar-refractivity contribution is -0.127. The summed E-state index contributed by atoms with van der Waals surface area (Å²) >= 11 is 4.02. The third-order valence-corrected chi connectivity index (χ3v) is 2.77. The summed E-state index contributed by atoms with van der Waals surface area (Å²) in [6.45, 7) is 5.81. The van der Waals surface area contributed by atoms with Crippen LogP contribution in [0.1, 0.15) is 27.2 Å². The van der Waals surface area contributed by atoms with Gasteiger partial charge < -0.3 is 15.7 Å². The van der Waals surface area contributed by atoms with Crippen molar-refractivity contribution in [2.75, 3.05) is 18.9 Å². The van der Waals surface area contributed by atoms with Gasteiger partial charge in [-0.1, -0.05) is 13.8 Å². The van der Waals surface area contributed by atoms with Crippen LogP contribution in [0.3, 0.4) is 0 Å². The van der Waals surface area contributed by atoms with Gasteiger partial charge in [-0.15, -0.1) is 0 Å². The topological polar surface area (TPSA) is 78.4 Å². The van der Waals surface area contributed by atoms with Crippen LogP contribution in [0.4, 0.5) is 0 Å². The van der Waals surface area contributed by atoms with E-state index in [0.29, 0.717) is 13.0 Å². The van der Waals surface area contributed by atoms with Gasteiger partial charge in [0, 0.05) is 25.8 Å². The summed E-state index contributed by atoms with van der Waals surface area (Å²) in [5.74, 6) is -0.249. The van der Waals surface area contributed by atoms with Crippen LogP contribution >= 0.6 is 12.6 Å². The first kappa shape index (κ1) is 16.2. The molecule has 0 saturated carbocycles. The van der Waals surface area contributed by atoms with E-state index in [1.54, 1.807) is 0 Å². The second kappa shape index (κ2) is 7.55. The van der Waals surface area contributed by atoms with E-state index in [9.17, 15) is 9.59 Å². The number of aliphatic hydroxyl groups excluding tert-OH is 1. The Bertz CT molecular complexity index is 269. The number of thiol groups is 1. The van der Waals surface area contributed by atoms with E-state index in [4.69, 9.17) is 5.11 Å². The monoisotopic (exact) mass is 262 g/mol. The zero-order valence-corrected chi connectivity index (χ0v) is 11.5. The van der Waals surface area contributed by atoms with E-state index in [-0.39, 0.29) is 29.6 Å². The predicted octanol–water partition coefficient (Wildman–Crippen LogP) is -0.0543. The molecule has 0 heterocycles. The van der Waals surface area contributed by atoms with E-state index >= 15 is 0 Å². The predicted molar refractivity (Wildman–Crippen MR) is 70.0 cm³/mol. The van der Waals surface area contributed by atoms with Crippen molar-refractivity contribution in [3.05, 3.63) is 0 Å². The fourth-order valence-corrected chi connectivity index (χ4v) is 1.54. The Morgan fingerprint density at radius 2 is 2.00 bits per heavy atom. The number of carbonyl (C=O) groups is 2. The van der Waals surface area contributed by atoms with Crippen LogP contribution in [-0.2, 0) is 9.59 Å². The molecule has 1 atom stereocenters. The number of amides is 2. The molecule has 2 amide bonds. The van der Waals surface area contributed by atoms with Crippen molar-refractivity contribution in [3.63, 3.8) is 0 Å². The molecule has 100 valence electrons. The van der Waals surface area contributed by atoms with Crippen LogP contribution in [0.15, 0.2) is 0 Å². The van der Waals surface area contributed by atoms with Crippen molar-refractivity contribution < 1.29 is 14.7 Å². The van der Waals surface area contributed by atoms with Crippen molar-refractivity contribution >= 4 is 24.4 Å². The largest absolute Gasteiger partial charge is 0.396 e. The van der Waals surface area contributed by atoms with Crippen LogP contribution in [0.5, 0.6) is 0 Å². The quantitative estimate of drug-likeness (QED) is 0.486. The standard InChI is InChI=1S/C11H22N2O3S/c1-8(15)13-9(6-17)10(16)12-7-11(2,3)4-5-14/h9,14,17H,4-7H2,1-3H3,(H,12,16)(H,13,15). The van der Waals surface area contributed by atoms with Crippen molar-refractivity contribution in [2.24, 2.45) is 5.41 Å². The molecule has 0 aliphatic rings. The second-order valence-electron chi connectivity index (χ2n) is 4.79. The number of carbonyl (C=O) groups excluding carboxylic acids is 2. The molecule has 5 nitrogen and oxygen atoms in total. The third-order valence-electron chi connectivity index (χ3n) is 2.41. The molecule has 6 heteroatoms. The highest BCUT2D eigenvalue weighted by molar-refractivity contribution is 7.80. The molecule has 0 aliphatic heterocycles. The van der Waals surface area contributed by atoms with E-state index in [2.05, 4.69) is 23.3 Å². The van der Waals surface area contributed by atoms with Crippen molar-refractivity contribution in [3.8, 4) is 0 Å². The lowest BCUT2D eigenvalue weighted by atomic mass is 9.89. The number of hydrogen-bond donors (Lipinski definition) is 4. The Balaban J connectivity index is 4.19. The molecule has 0 aromatic rings. The fraction of sp³-hybridized carbons (Fsp3) is 0.818. The third kappa shape index (κ3) is 7.23. The maximum atomic E-state index is 11.7. The Morgan fingerprint density at radius 3 is 2.41 bits per heavy atom. The van der Waals surface area contributed by atoms with Gasteiger partial charge in [-0.05, 0) is 11.8 Å². The van der Waals surface area contributed by atoms with Gasteiger partial charge in [0.15, 0.2) is 0 Å². The fourth-order valence-electron chi connectivity index (χ4n) is 1.28. The molecule has 0 saturated heterocycles. The van der Waals surface area contributed by atoms with Gasteiger partial charge in [-0.25, -0.2) is 0 Å². The minimum Gasteiger partial charge on any atom is -0.396 e. The first-order chi connectivity index (χ1) is 7.82. The van der Waals surface area contributed by atoms with Crippen LogP contribution in [-0.4, -0.2) is 41.9 Å². The summed E-state index contributed by atoms with van der Waals surface area (Å²) in [6.07, 6.45) is 0.610. The summed E-state index contributed by atoms with van der Waals surface area (Å²) in [5, 5.41) is 14.1. The minimum atomic E-state index is -0.610. The zero-order valence-electron chi connectivity index (χ0n) is 10.6. The normalized spacial score (nSPS) is 13.0. The summed E-state index contributed by atoms with van der Waals surface area (Å²) in [4.78, 5) is 22.6. The summed E-state index contributed by atoms with van der Waals surface area (Å²) in [7, 11) is 0. The van der Waals surface area contributed by atoms with Crippen LogP contribution in [0.25, 0.3) is 0 Å². The second-order valence-corrected chi connectivity index (χ2v) is 5.16. The van der Waals surface area contributed by atoms with E-state index < -0.39 is 6.04 Å². The molecular formula is C11H22N2O3S. The van der Waals surface area contributed by atoms with Gasteiger partial charge >= 0.3 is 0 Å². The molecule has 3 N–H and O–H groups in total. The highest BCUT2D eigenvalue weighted by atomic mass is 32.1. The first-order valence-corrected chi connectivity index (χ1v) is 6.22. The number of aliphatic hydroxyl groups is 1. The smallest absolute Gasteiger partial charge is 0.243 e. The van der Waals surface area contributed by atoms with Gasteiger partial charge in [0.2, 0.25) is 11.8 Å². The lowest BCUT2D eigenvalue weighted by Gasteiger charge is -2.25. The van der Waals surface area contributed by atoms with E-state index in [1.807, 2.05) is 13.8 Å². The number of rotatable bonds is 7. The molecule has 0 radical (unpaired) electrons. The molecule has 0 fully saturated rings. The zero-order chi connectivity index (χ0) is 13.5. The summed E-state index contributed by atoms with van der Waals surface area (Å²) < 4.78 is 0. The van der Waals surface area contributed by atoms with Crippen LogP contribution in [0.2, 0.25) is 0 Å². The van der Waals surface area contributed by atoms with Crippen LogP contribution in [0, 0.1) is 5.41 Å². The Kier molecular flexibility index (Phi) is 7.22. The molecule has 0 spiro atoms. The molecule has 0 rings (SSSR count). The molecule has 0 bridgehead atoms. The average Bonchev–Trinajstić information content (AvgIpc) is 2.22. The van der Waals surface area contributed by atoms with E-state index in [1.165, 1.54) is 6.92 Å². The average molecular weight is 262 g/mol. The van der Waals surface area contributed by atoms with Gasteiger partial charge in [0.1, 0.15) is 6.04 Å². The number of nitrogens with one attached hydrogen (secondary N) is 2. The van der Waals surface area contributed by atoms with Gasteiger partial charge in [-0.3, -0.25) is 9.59 Å². The summed E-state index contributed by atoms with van der Waals surface area (Å²) in [5.41, 5.74) is -0.165. The van der Waals surface area contributed by atoms with Gasteiger partial charge in [0.25, 0.3) is 0 Å². The minimum absolute atomic E-state index is 0.0879. The summed E-state index contributed by atoms with van der Waals surface area (Å²) in [6, 6.07) is -0.610. The SMILES string of the molecule is CC(=O)NC(CS)C(=O)NCC(C)(C)CCO. The highest BCUT2D eigenvalue weighted by Gasteiger charge is 2.22. The molecule has 0 aromatic heterocycles. The van der Waals surface area contributed by atoms with Gasteiger partial charge in [0.05, 0.1) is 0 Å². The van der Waals surface area contributed by atoms with E-state index in [0.717, 1.165) is 0 Å². The molecule has 1 unspecified atom stereocenters. The van der Waals surface area contributed by atoms with Crippen molar-refractivity contribution in [1.82, 2.24) is 10.6 Å². The molecular weight excluding hydrogens is 240 g/mol. The van der Waals surface area contributed by atoms with Crippen LogP contribution < -0.4 is 10.6 Å². The highest BCUT2D eigenvalue weighted by Crippen LogP contribution is 2.17. The Morgan fingerprint density at radius 1 is 1.41 bits per heavy atom. The van der Waals surface area contributed by atoms with Crippen molar-refractivity contribution in [1.29, 1.82) is 0 Å². The first-order valence-electron chi connectivity index (χ1n) is 5.59. The Labute approximate surface area is 108 Å². The number of hydrogen-bond acceptors (Lipinski definition) is 4. The maximum Gasteiger partial charge on any atom is 0.243 e. The maximum absolute atomic E-state index is 11.7. The van der Waals surface area contributed by atoms with Crippen molar-refractivity contribution in [2.45, 2.75) is 33.2 Å². The molecule has 0 aliphatic carbocycles. The lowest BCUT2D eigenvalue weighted by Crippen LogP contribution is -2.49. The van der Waals surface area contributed by atoms with Gasteiger partial charge in [-0.2, -0.15) is 12.6 Å². The Hall–Kier alpha value is -0.750. The molecule has 17 heavy (non-hydrogen) atoms.